The highest BCUT2D eigenvalue weighted by Gasteiger charge is 2.24. The van der Waals surface area contributed by atoms with Crippen LogP contribution in [0.2, 0.25) is 0 Å². The molecule has 160 valence electrons. The quantitative estimate of drug-likeness (QED) is 0.647. The molecule has 1 fully saturated rings. The zero-order valence-corrected chi connectivity index (χ0v) is 18.4. The number of benzene rings is 2. The first kappa shape index (κ1) is 22.1. The second-order valence-corrected chi connectivity index (χ2v) is 9.13. The van der Waals surface area contributed by atoms with Gasteiger partial charge in [0.15, 0.2) is 0 Å². The third kappa shape index (κ3) is 5.09. The highest BCUT2D eigenvalue weighted by molar-refractivity contribution is 7.89. The normalized spacial score (nSPS) is 14.6. The van der Waals surface area contributed by atoms with E-state index in [1.54, 1.807) is 24.3 Å². The van der Waals surface area contributed by atoms with Crippen LogP contribution in [-0.4, -0.2) is 44.8 Å². The predicted molar refractivity (Wildman–Crippen MR) is 122 cm³/mol. The summed E-state index contributed by atoms with van der Waals surface area (Å²) in [5, 5.41) is 2.89. The predicted octanol–water partition coefficient (Wildman–Crippen LogP) is 3.97. The Morgan fingerprint density at radius 1 is 1.07 bits per heavy atom. The highest BCUT2D eigenvalue weighted by Crippen LogP contribution is 2.32. The first-order chi connectivity index (χ1) is 14.5. The lowest BCUT2D eigenvalue weighted by Crippen LogP contribution is -2.31. The van der Waals surface area contributed by atoms with Crippen molar-refractivity contribution in [1.82, 2.24) is 4.31 Å². The molecule has 0 spiro atoms. The summed E-state index contributed by atoms with van der Waals surface area (Å²) in [7, 11) is -3.61. The van der Waals surface area contributed by atoms with Gasteiger partial charge in [-0.3, -0.25) is 4.79 Å². The molecule has 6 nitrogen and oxygen atoms in total. The Balaban J connectivity index is 1.91. The molecule has 1 aliphatic rings. The molecule has 30 heavy (non-hydrogen) atoms. The van der Waals surface area contributed by atoms with E-state index in [0.717, 1.165) is 37.2 Å². The monoisotopic (exact) mass is 427 g/mol. The van der Waals surface area contributed by atoms with E-state index in [2.05, 4.69) is 10.2 Å². The van der Waals surface area contributed by atoms with E-state index >= 15 is 0 Å². The topological polar surface area (TPSA) is 69.7 Å². The molecule has 1 heterocycles. The fraction of sp³-hybridized carbons (Fsp3) is 0.348. The third-order valence-corrected chi connectivity index (χ3v) is 7.29. The summed E-state index contributed by atoms with van der Waals surface area (Å²) in [6.07, 6.45) is 5.37. The fourth-order valence-electron chi connectivity index (χ4n) is 3.63. The Bertz CT molecular complexity index is 994. The smallest absolute Gasteiger partial charge is 0.248 e. The van der Waals surface area contributed by atoms with Crippen LogP contribution in [-0.2, 0) is 14.8 Å². The zero-order valence-electron chi connectivity index (χ0n) is 17.5. The van der Waals surface area contributed by atoms with Crippen molar-refractivity contribution in [2.24, 2.45) is 0 Å². The minimum atomic E-state index is -3.61. The van der Waals surface area contributed by atoms with Crippen LogP contribution in [0.4, 0.5) is 11.4 Å². The van der Waals surface area contributed by atoms with Crippen LogP contribution >= 0.6 is 0 Å². The Kier molecular flexibility index (Phi) is 7.29. The standard InChI is InChI=1S/C23H29N3O3S/c1-3-26(4-2)30(28,29)20-13-14-22(25-16-8-9-17-25)21(18-20)24-23(27)15-12-19-10-6-5-7-11-19/h5-7,10-15,18H,3-4,8-9,16-17H2,1-2H3,(H,24,27)/b15-12+. The summed E-state index contributed by atoms with van der Waals surface area (Å²) in [5.41, 5.74) is 2.30. The van der Waals surface area contributed by atoms with Gasteiger partial charge in [-0.05, 0) is 42.7 Å². The molecule has 0 unspecified atom stereocenters. The number of anilines is 2. The number of amides is 1. The molecule has 0 radical (unpaired) electrons. The molecule has 2 aromatic carbocycles. The first-order valence-corrected chi connectivity index (χ1v) is 11.8. The maximum Gasteiger partial charge on any atom is 0.248 e. The number of sulfonamides is 1. The lowest BCUT2D eigenvalue weighted by atomic mass is 10.2. The molecule has 2 aromatic rings. The lowest BCUT2D eigenvalue weighted by molar-refractivity contribution is -0.111. The largest absolute Gasteiger partial charge is 0.370 e. The molecule has 1 amide bonds. The minimum Gasteiger partial charge on any atom is -0.370 e. The summed E-state index contributed by atoms with van der Waals surface area (Å²) in [6.45, 7) is 6.21. The van der Waals surface area contributed by atoms with E-state index in [-0.39, 0.29) is 10.8 Å². The molecule has 7 heteroatoms. The van der Waals surface area contributed by atoms with Gasteiger partial charge in [0.05, 0.1) is 16.3 Å². The molecule has 1 aliphatic heterocycles. The maximum atomic E-state index is 13.0. The van der Waals surface area contributed by atoms with Gasteiger partial charge < -0.3 is 10.2 Å². The molecule has 1 saturated heterocycles. The van der Waals surface area contributed by atoms with Gasteiger partial charge in [-0.25, -0.2) is 8.42 Å². The van der Waals surface area contributed by atoms with Gasteiger partial charge in [-0.1, -0.05) is 44.2 Å². The van der Waals surface area contributed by atoms with Gasteiger partial charge in [-0.15, -0.1) is 0 Å². The van der Waals surface area contributed by atoms with Gasteiger partial charge in [0.2, 0.25) is 15.9 Å². The van der Waals surface area contributed by atoms with E-state index in [4.69, 9.17) is 0 Å². The molecule has 0 bridgehead atoms. The van der Waals surface area contributed by atoms with Gasteiger partial charge in [0, 0.05) is 32.3 Å². The SMILES string of the molecule is CCN(CC)S(=O)(=O)c1ccc(N2CCCC2)c(NC(=O)/C=C/c2ccccc2)c1. The summed E-state index contributed by atoms with van der Waals surface area (Å²) in [5.74, 6) is -0.295. The average Bonchev–Trinajstić information content (AvgIpc) is 3.28. The molecule has 1 N–H and O–H groups in total. The molecule has 0 atom stereocenters. The van der Waals surface area contributed by atoms with Crippen molar-refractivity contribution in [1.29, 1.82) is 0 Å². The molecular weight excluding hydrogens is 398 g/mol. The van der Waals surface area contributed by atoms with Crippen LogP contribution in [0, 0.1) is 0 Å². The number of carbonyl (C=O) groups excluding carboxylic acids is 1. The van der Waals surface area contributed by atoms with E-state index < -0.39 is 10.0 Å². The third-order valence-electron chi connectivity index (χ3n) is 5.24. The van der Waals surface area contributed by atoms with Crippen molar-refractivity contribution >= 4 is 33.4 Å². The Morgan fingerprint density at radius 2 is 1.73 bits per heavy atom. The highest BCUT2D eigenvalue weighted by atomic mass is 32.2. The van der Waals surface area contributed by atoms with E-state index in [1.807, 2.05) is 44.2 Å². The van der Waals surface area contributed by atoms with Crippen molar-refractivity contribution < 1.29 is 13.2 Å². The summed E-state index contributed by atoms with van der Waals surface area (Å²) in [4.78, 5) is 15.0. The fourth-order valence-corrected chi connectivity index (χ4v) is 5.12. The minimum absolute atomic E-state index is 0.191. The van der Waals surface area contributed by atoms with E-state index in [9.17, 15) is 13.2 Å². The Hall–Kier alpha value is -2.64. The van der Waals surface area contributed by atoms with E-state index in [1.165, 1.54) is 10.4 Å². The molecule has 3 rings (SSSR count). The lowest BCUT2D eigenvalue weighted by Gasteiger charge is -2.24. The summed E-state index contributed by atoms with van der Waals surface area (Å²) >= 11 is 0. The van der Waals surface area contributed by atoms with Crippen LogP contribution in [0.5, 0.6) is 0 Å². The van der Waals surface area contributed by atoms with Crippen molar-refractivity contribution in [2.75, 3.05) is 36.4 Å². The van der Waals surface area contributed by atoms with Crippen LogP contribution in [0.3, 0.4) is 0 Å². The molecular formula is C23H29N3O3S. The Labute approximate surface area is 179 Å². The van der Waals surface area contributed by atoms with Crippen LogP contribution in [0.1, 0.15) is 32.3 Å². The van der Waals surface area contributed by atoms with Crippen LogP contribution < -0.4 is 10.2 Å². The summed E-state index contributed by atoms with van der Waals surface area (Å²) < 4.78 is 27.3. The molecule has 0 aromatic heterocycles. The summed E-state index contributed by atoms with van der Waals surface area (Å²) in [6, 6.07) is 14.6. The average molecular weight is 428 g/mol. The number of hydrogen-bond acceptors (Lipinski definition) is 4. The van der Waals surface area contributed by atoms with Gasteiger partial charge in [0.1, 0.15) is 0 Å². The van der Waals surface area contributed by atoms with Crippen molar-refractivity contribution in [3.05, 3.63) is 60.2 Å². The van der Waals surface area contributed by atoms with Crippen molar-refractivity contribution in [3.8, 4) is 0 Å². The van der Waals surface area contributed by atoms with Gasteiger partial charge in [0.25, 0.3) is 0 Å². The van der Waals surface area contributed by atoms with E-state index in [0.29, 0.717) is 18.8 Å². The Morgan fingerprint density at radius 3 is 2.37 bits per heavy atom. The number of carbonyl (C=O) groups is 1. The van der Waals surface area contributed by atoms with Crippen molar-refractivity contribution in [2.45, 2.75) is 31.6 Å². The second-order valence-electron chi connectivity index (χ2n) is 7.20. The number of nitrogens with one attached hydrogen (secondary N) is 1. The molecule has 0 aliphatic carbocycles. The maximum absolute atomic E-state index is 13.0. The number of hydrogen-bond donors (Lipinski definition) is 1. The zero-order chi connectivity index (χ0) is 21.6. The van der Waals surface area contributed by atoms with Crippen LogP contribution in [0.15, 0.2) is 59.5 Å². The molecule has 0 saturated carbocycles. The number of rotatable bonds is 8. The van der Waals surface area contributed by atoms with Gasteiger partial charge in [-0.2, -0.15) is 4.31 Å². The van der Waals surface area contributed by atoms with Crippen LogP contribution in [0.25, 0.3) is 6.08 Å². The first-order valence-electron chi connectivity index (χ1n) is 10.4. The van der Waals surface area contributed by atoms with Gasteiger partial charge >= 0.3 is 0 Å². The van der Waals surface area contributed by atoms with Crippen molar-refractivity contribution in [3.63, 3.8) is 0 Å². The number of nitrogens with zero attached hydrogens (tertiary/aromatic N) is 2. The second kappa shape index (κ2) is 9.91.